The summed E-state index contributed by atoms with van der Waals surface area (Å²) < 4.78 is 6.00. The molecule has 3 heteroatoms. The Kier molecular flexibility index (Phi) is 3.59. The molecule has 0 radical (unpaired) electrons. The summed E-state index contributed by atoms with van der Waals surface area (Å²) in [7, 11) is 1.59. The smallest absolute Gasteiger partial charge is 0.193 e. The molecule has 0 aliphatic heterocycles. The summed E-state index contributed by atoms with van der Waals surface area (Å²) in [5.74, 6) is 0.677. The molecule has 0 bridgehead atoms. The van der Waals surface area contributed by atoms with Crippen LogP contribution in [0.5, 0.6) is 5.75 Å². The fourth-order valence-electron chi connectivity index (χ4n) is 1.56. The van der Waals surface area contributed by atoms with Crippen LogP contribution in [0.4, 0.5) is 0 Å². The van der Waals surface area contributed by atoms with Gasteiger partial charge < -0.3 is 4.74 Å². The third-order valence-corrected chi connectivity index (χ3v) is 2.91. The van der Waals surface area contributed by atoms with E-state index in [2.05, 4.69) is 15.9 Å². The van der Waals surface area contributed by atoms with Crippen LogP contribution in [0.3, 0.4) is 0 Å². The third-order valence-electron chi connectivity index (χ3n) is 2.42. The summed E-state index contributed by atoms with van der Waals surface area (Å²) in [5.41, 5.74) is 1.29. The van der Waals surface area contributed by atoms with E-state index in [0.717, 1.165) is 4.47 Å². The average Bonchev–Trinajstić information content (AvgIpc) is 2.38. The van der Waals surface area contributed by atoms with Crippen molar-refractivity contribution in [3.05, 3.63) is 64.1 Å². The number of methoxy groups -OCH3 is 1. The predicted octanol–water partition coefficient (Wildman–Crippen LogP) is 3.69. The Morgan fingerprint density at radius 2 is 1.71 bits per heavy atom. The van der Waals surface area contributed by atoms with Crippen LogP contribution in [0, 0.1) is 0 Å². The third kappa shape index (κ3) is 2.74. The molecule has 2 aromatic carbocycles. The maximum absolute atomic E-state index is 12.2. The van der Waals surface area contributed by atoms with Gasteiger partial charge in [-0.25, -0.2) is 0 Å². The Morgan fingerprint density at radius 1 is 1.06 bits per heavy atom. The van der Waals surface area contributed by atoms with Gasteiger partial charge in [0.25, 0.3) is 0 Å². The molecule has 0 saturated heterocycles. The van der Waals surface area contributed by atoms with E-state index >= 15 is 0 Å². The number of ether oxygens (including phenoxy) is 1. The van der Waals surface area contributed by atoms with Crippen LogP contribution in [0.2, 0.25) is 0 Å². The first-order valence-corrected chi connectivity index (χ1v) is 5.94. The Balaban J connectivity index is 2.36. The molecule has 0 atom stereocenters. The Labute approximate surface area is 108 Å². The van der Waals surface area contributed by atoms with Gasteiger partial charge in [0.2, 0.25) is 0 Å². The lowest BCUT2D eigenvalue weighted by Crippen LogP contribution is -2.01. The number of ketones is 1. The second kappa shape index (κ2) is 5.15. The highest BCUT2D eigenvalue weighted by atomic mass is 79.9. The van der Waals surface area contributed by atoms with E-state index in [1.54, 1.807) is 25.3 Å². The molecule has 0 aromatic heterocycles. The van der Waals surface area contributed by atoms with Crippen molar-refractivity contribution in [1.82, 2.24) is 0 Å². The van der Waals surface area contributed by atoms with Crippen LogP contribution in [0.1, 0.15) is 15.9 Å². The van der Waals surface area contributed by atoms with Crippen LogP contribution >= 0.6 is 15.9 Å². The second-order valence-electron chi connectivity index (χ2n) is 3.57. The lowest BCUT2D eigenvalue weighted by molar-refractivity contribution is 0.103. The minimum atomic E-state index is -0.00907. The molecule has 0 saturated carbocycles. The van der Waals surface area contributed by atoms with Crippen molar-refractivity contribution in [2.24, 2.45) is 0 Å². The van der Waals surface area contributed by atoms with Gasteiger partial charge in [0, 0.05) is 15.6 Å². The summed E-state index contributed by atoms with van der Waals surface area (Å²) >= 11 is 3.35. The maximum atomic E-state index is 12.2. The Morgan fingerprint density at radius 3 is 2.35 bits per heavy atom. The standard InChI is InChI=1S/C14H11BrO2/c1-17-13-7-3-5-11(9-13)14(16)10-4-2-6-12(15)8-10/h2-9H,1H3. The zero-order valence-corrected chi connectivity index (χ0v) is 10.9. The van der Waals surface area contributed by atoms with Gasteiger partial charge in [-0.2, -0.15) is 0 Å². The maximum Gasteiger partial charge on any atom is 0.193 e. The molecule has 0 aliphatic carbocycles. The van der Waals surface area contributed by atoms with Crippen molar-refractivity contribution in [2.45, 2.75) is 0 Å². The van der Waals surface area contributed by atoms with Crippen LogP contribution in [0.15, 0.2) is 53.0 Å². The van der Waals surface area contributed by atoms with Gasteiger partial charge in [-0.15, -0.1) is 0 Å². The fraction of sp³-hybridized carbons (Fsp3) is 0.0714. The predicted molar refractivity (Wildman–Crippen MR) is 70.6 cm³/mol. The highest BCUT2D eigenvalue weighted by molar-refractivity contribution is 9.10. The zero-order chi connectivity index (χ0) is 12.3. The highest BCUT2D eigenvalue weighted by Crippen LogP contribution is 2.18. The van der Waals surface area contributed by atoms with Crippen molar-refractivity contribution in [3.8, 4) is 5.75 Å². The van der Waals surface area contributed by atoms with Crippen molar-refractivity contribution >= 4 is 21.7 Å². The molecular formula is C14H11BrO2. The number of hydrogen-bond acceptors (Lipinski definition) is 2. The molecule has 17 heavy (non-hydrogen) atoms. The molecular weight excluding hydrogens is 280 g/mol. The van der Waals surface area contributed by atoms with Crippen LogP contribution < -0.4 is 4.74 Å². The second-order valence-corrected chi connectivity index (χ2v) is 4.49. The van der Waals surface area contributed by atoms with Gasteiger partial charge in [0.15, 0.2) is 5.78 Å². The molecule has 0 N–H and O–H groups in total. The van der Waals surface area contributed by atoms with E-state index in [9.17, 15) is 4.79 Å². The van der Waals surface area contributed by atoms with Gasteiger partial charge in [0.05, 0.1) is 7.11 Å². The van der Waals surface area contributed by atoms with Gasteiger partial charge in [0.1, 0.15) is 5.75 Å². The van der Waals surface area contributed by atoms with Crippen LogP contribution in [0.25, 0.3) is 0 Å². The first-order chi connectivity index (χ1) is 8.20. The van der Waals surface area contributed by atoms with E-state index in [1.165, 1.54) is 0 Å². The normalized spacial score (nSPS) is 10.0. The van der Waals surface area contributed by atoms with Gasteiger partial charge in [-0.1, -0.05) is 40.2 Å². The molecule has 2 nitrogen and oxygen atoms in total. The van der Waals surface area contributed by atoms with Gasteiger partial charge in [-0.3, -0.25) is 4.79 Å². The summed E-state index contributed by atoms with van der Waals surface area (Å²) in [4.78, 5) is 12.2. The number of carbonyl (C=O) groups excluding carboxylic acids is 1. The lowest BCUT2D eigenvalue weighted by atomic mass is 10.0. The molecule has 0 aliphatic rings. The zero-order valence-electron chi connectivity index (χ0n) is 9.31. The van der Waals surface area contributed by atoms with Gasteiger partial charge >= 0.3 is 0 Å². The van der Waals surface area contributed by atoms with Crippen molar-refractivity contribution in [3.63, 3.8) is 0 Å². The molecule has 0 fully saturated rings. The van der Waals surface area contributed by atoms with Crippen LogP contribution in [-0.4, -0.2) is 12.9 Å². The van der Waals surface area contributed by atoms with Crippen molar-refractivity contribution in [2.75, 3.05) is 7.11 Å². The lowest BCUT2D eigenvalue weighted by Gasteiger charge is -2.04. The summed E-state index contributed by atoms with van der Waals surface area (Å²) in [5, 5.41) is 0. The van der Waals surface area contributed by atoms with E-state index in [-0.39, 0.29) is 5.78 Å². The molecule has 86 valence electrons. The monoisotopic (exact) mass is 290 g/mol. The number of hydrogen-bond donors (Lipinski definition) is 0. The molecule has 0 heterocycles. The molecule has 0 amide bonds. The molecule has 2 rings (SSSR count). The SMILES string of the molecule is COc1cccc(C(=O)c2cccc(Br)c2)c1. The minimum absolute atomic E-state index is 0.00907. The van der Waals surface area contributed by atoms with E-state index in [0.29, 0.717) is 16.9 Å². The number of benzene rings is 2. The largest absolute Gasteiger partial charge is 0.497 e. The van der Waals surface area contributed by atoms with E-state index in [4.69, 9.17) is 4.74 Å². The van der Waals surface area contributed by atoms with Crippen LogP contribution in [-0.2, 0) is 0 Å². The number of carbonyl (C=O) groups is 1. The highest BCUT2D eigenvalue weighted by Gasteiger charge is 2.09. The van der Waals surface area contributed by atoms with Crippen molar-refractivity contribution < 1.29 is 9.53 Å². The summed E-state index contributed by atoms with van der Waals surface area (Å²) in [6, 6.07) is 14.5. The summed E-state index contributed by atoms with van der Waals surface area (Å²) in [6.07, 6.45) is 0. The average molecular weight is 291 g/mol. The first-order valence-electron chi connectivity index (χ1n) is 5.15. The van der Waals surface area contributed by atoms with E-state index in [1.807, 2.05) is 30.3 Å². The Bertz CT molecular complexity index is 549. The van der Waals surface area contributed by atoms with Crippen molar-refractivity contribution in [1.29, 1.82) is 0 Å². The first kappa shape index (κ1) is 11.9. The number of rotatable bonds is 3. The molecule has 0 unspecified atom stereocenters. The number of halogens is 1. The Hall–Kier alpha value is -1.61. The topological polar surface area (TPSA) is 26.3 Å². The summed E-state index contributed by atoms with van der Waals surface area (Å²) in [6.45, 7) is 0. The van der Waals surface area contributed by atoms with E-state index < -0.39 is 0 Å². The molecule has 2 aromatic rings. The fourth-order valence-corrected chi connectivity index (χ4v) is 1.96. The quantitative estimate of drug-likeness (QED) is 0.806. The molecule has 0 spiro atoms. The minimum Gasteiger partial charge on any atom is -0.497 e. The van der Waals surface area contributed by atoms with Gasteiger partial charge in [-0.05, 0) is 24.3 Å².